The highest BCUT2D eigenvalue weighted by Gasteiger charge is 2.08. The van der Waals surface area contributed by atoms with Gasteiger partial charge in [0, 0.05) is 11.3 Å². The first kappa shape index (κ1) is 13.6. The van der Waals surface area contributed by atoms with Gasteiger partial charge < -0.3 is 20.5 Å². The van der Waals surface area contributed by atoms with Gasteiger partial charge in [-0.15, -0.1) is 0 Å². The molecule has 0 saturated carbocycles. The van der Waals surface area contributed by atoms with Gasteiger partial charge in [0.2, 0.25) is 0 Å². The Balaban J connectivity index is 2.14. The molecule has 5 nitrogen and oxygen atoms in total. The molecule has 0 fully saturated rings. The maximum atomic E-state index is 11.8. The Hall–Kier alpha value is -2.82. The van der Waals surface area contributed by atoms with Gasteiger partial charge in [-0.3, -0.25) is 0 Å². The molecule has 0 radical (unpaired) electrons. The maximum absolute atomic E-state index is 11.8. The number of carboxylic acid groups (broad SMARTS) is 1. The fraction of sp³-hybridized carbons (Fsp3) is 0.0667. The highest BCUT2D eigenvalue weighted by molar-refractivity contribution is 6.04. The lowest BCUT2D eigenvalue weighted by atomic mass is 10.1. The van der Waals surface area contributed by atoms with E-state index < -0.39 is 12.0 Å². The topological polar surface area (TPSA) is 81.3 Å². The van der Waals surface area contributed by atoms with Crippen molar-refractivity contribution in [3.05, 3.63) is 59.7 Å². The number of benzene rings is 2. The number of carbonyl (C=O) groups excluding carboxylic acids is 2. The van der Waals surface area contributed by atoms with Crippen LogP contribution in [0.3, 0.4) is 0 Å². The lowest BCUT2D eigenvalue weighted by Gasteiger charge is -2.13. The molecule has 2 aromatic carbocycles. The monoisotopic (exact) mass is 269 g/mol. The standard InChI is InChI=1S/C15H14N2O3/c1-10-7-8-13(12(9-10)14(18)19)17-15(20)16-11-5-3-2-4-6-11/h2-9H,1H3,(H,18,19)(H2,16,17,20)/p-1. The zero-order chi connectivity index (χ0) is 14.5. The number of para-hydroxylation sites is 1. The van der Waals surface area contributed by atoms with Crippen molar-refractivity contribution < 1.29 is 14.7 Å². The lowest BCUT2D eigenvalue weighted by molar-refractivity contribution is -0.254. The van der Waals surface area contributed by atoms with Gasteiger partial charge in [0.1, 0.15) is 0 Å². The van der Waals surface area contributed by atoms with E-state index >= 15 is 0 Å². The maximum Gasteiger partial charge on any atom is 0.323 e. The van der Waals surface area contributed by atoms with E-state index in [2.05, 4.69) is 10.6 Å². The van der Waals surface area contributed by atoms with Crippen molar-refractivity contribution in [3.63, 3.8) is 0 Å². The van der Waals surface area contributed by atoms with E-state index in [0.717, 1.165) is 5.56 Å². The number of hydrogen-bond acceptors (Lipinski definition) is 3. The predicted octanol–water partition coefficient (Wildman–Crippen LogP) is 2.00. The van der Waals surface area contributed by atoms with Crippen LogP contribution >= 0.6 is 0 Å². The largest absolute Gasteiger partial charge is 0.545 e. The number of aryl methyl sites for hydroxylation is 1. The number of amides is 2. The van der Waals surface area contributed by atoms with Crippen molar-refractivity contribution >= 4 is 23.4 Å². The summed E-state index contributed by atoms with van der Waals surface area (Å²) in [5.74, 6) is -1.33. The first-order valence-corrected chi connectivity index (χ1v) is 6.01. The molecule has 0 atom stereocenters. The summed E-state index contributed by atoms with van der Waals surface area (Å²) >= 11 is 0. The van der Waals surface area contributed by atoms with E-state index in [1.165, 1.54) is 12.1 Å². The van der Waals surface area contributed by atoms with Crippen LogP contribution in [0.25, 0.3) is 0 Å². The van der Waals surface area contributed by atoms with Crippen molar-refractivity contribution in [1.82, 2.24) is 0 Å². The van der Waals surface area contributed by atoms with Gasteiger partial charge in [-0.1, -0.05) is 29.8 Å². The van der Waals surface area contributed by atoms with Crippen LogP contribution in [-0.2, 0) is 0 Å². The highest BCUT2D eigenvalue weighted by Crippen LogP contribution is 2.17. The van der Waals surface area contributed by atoms with Gasteiger partial charge in [-0.05, 0) is 31.2 Å². The summed E-state index contributed by atoms with van der Waals surface area (Å²) in [4.78, 5) is 22.8. The van der Waals surface area contributed by atoms with Crippen LogP contribution in [0.1, 0.15) is 15.9 Å². The van der Waals surface area contributed by atoms with Crippen LogP contribution < -0.4 is 15.7 Å². The molecule has 0 heterocycles. The number of carboxylic acids is 1. The van der Waals surface area contributed by atoms with Gasteiger partial charge in [-0.2, -0.15) is 0 Å². The number of urea groups is 1. The SMILES string of the molecule is Cc1ccc(NC(=O)Nc2ccccc2)c(C(=O)[O-])c1. The molecule has 2 aromatic rings. The van der Waals surface area contributed by atoms with Crippen LogP contribution in [-0.4, -0.2) is 12.0 Å². The second-order valence-corrected chi connectivity index (χ2v) is 4.28. The van der Waals surface area contributed by atoms with Gasteiger partial charge in [0.15, 0.2) is 0 Å². The molecule has 0 aromatic heterocycles. The number of nitrogens with one attached hydrogen (secondary N) is 2. The molecule has 0 saturated heterocycles. The predicted molar refractivity (Wildman–Crippen MR) is 74.6 cm³/mol. The number of anilines is 2. The van der Waals surface area contributed by atoms with E-state index in [9.17, 15) is 14.7 Å². The highest BCUT2D eigenvalue weighted by atomic mass is 16.4. The molecule has 5 heteroatoms. The summed E-state index contributed by atoms with van der Waals surface area (Å²) in [6.07, 6.45) is 0. The van der Waals surface area contributed by atoms with E-state index in [4.69, 9.17) is 0 Å². The minimum Gasteiger partial charge on any atom is -0.545 e. The Morgan fingerprint density at radius 3 is 2.35 bits per heavy atom. The van der Waals surface area contributed by atoms with Crippen LogP contribution in [0.15, 0.2) is 48.5 Å². The molecule has 0 aliphatic carbocycles. The molecule has 0 unspecified atom stereocenters. The molecular formula is C15H13N2O3-. The first-order chi connectivity index (χ1) is 9.56. The fourth-order valence-electron chi connectivity index (χ4n) is 1.74. The zero-order valence-electron chi connectivity index (χ0n) is 10.8. The minimum atomic E-state index is -1.33. The van der Waals surface area contributed by atoms with Crippen molar-refractivity contribution in [1.29, 1.82) is 0 Å². The third-order valence-electron chi connectivity index (χ3n) is 2.67. The van der Waals surface area contributed by atoms with Gasteiger partial charge in [-0.25, -0.2) is 4.79 Å². The molecule has 0 aliphatic heterocycles. The summed E-state index contributed by atoms with van der Waals surface area (Å²) in [6.45, 7) is 1.76. The van der Waals surface area contributed by atoms with Crippen LogP contribution in [0, 0.1) is 6.92 Å². The van der Waals surface area contributed by atoms with E-state index in [1.807, 2.05) is 6.07 Å². The summed E-state index contributed by atoms with van der Waals surface area (Å²) < 4.78 is 0. The van der Waals surface area contributed by atoms with Crippen LogP contribution in [0.5, 0.6) is 0 Å². The minimum absolute atomic E-state index is 0.0480. The summed E-state index contributed by atoms with van der Waals surface area (Å²) in [5, 5.41) is 16.1. The Bertz CT molecular complexity index is 639. The smallest absolute Gasteiger partial charge is 0.323 e. The van der Waals surface area contributed by atoms with Crippen LogP contribution in [0.4, 0.5) is 16.2 Å². The number of rotatable bonds is 3. The van der Waals surface area contributed by atoms with Gasteiger partial charge in [0.25, 0.3) is 0 Å². The average Bonchev–Trinajstić information content (AvgIpc) is 2.41. The third-order valence-corrected chi connectivity index (χ3v) is 2.67. The van der Waals surface area contributed by atoms with E-state index in [1.54, 1.807) is 37.3 Å². The van der Waals surface area contributed by atoms with E-state index in [0.29, 0.717) is 5.69 Å². The Kier molecular flexibility index (Phi) is 4.00. The molecule has 2 amide bonds. The quantitative estimate of drug-likeness (QED) is 0.894. The Labute approximate surface area is 116 Å². The lowest BCUT2D eigenvalue weighted by Crippen LogP contribution is -2.26. The number of carbonyl (C=O) groups is 2. The van der Waals surface area contributed by atoms with Crippen LogP contribution in [0.2, 0.25) is 0 Å². The van der Waals surface area contributed by atoms with E-state index in [-0.39, 0.29) is 11.3 Å². The summed E-state index contributed by atoms with van der Waals surface area (Å²) in [5.41, 5.74) is 1.54. The van der Waals surface area contributed by atoms with Gasteiger partial charge >= 0.3 is 6.03 Å². The van der Waals surface area contributed by atoms with Crippen molar-refractivity contribution in [2.45, 2.75) is 6.92 Å². The average molecular weight is 269 g/mol. The first-order valence-electron chi connectivity index (χ1n) is 6.01. The summed E-state index contributed by atoms with van der Waals surface area (Å²) in [6, 6.07) is 13.0. The molecule has 20 heavy (non-hydrogen) atoms. The van der Waals surface area contributed by atoms with Crippen molar-refractivity contribution in [2.24, 2.45) is 0 Å². The van der Waals surface area contributed by atoms with Gasteiger partial charge in [0.05, 0.1) is 11.7 Å². The Morgan fingerprint density at radius 1 is 1.00 bits per heavy atom. The van der Waals surface area contributed by atoms with Crippen molar-refractivity contribution in [3.8, 4) is 0 Å². The molecule has 2 rings (SSSR count). The van der Waals surface area contributed by atoms with Crippen molar-refractivity contribution in [2.75, 3.05) is 10.6 Å². The number of aromatic carboxylic acids is 1. The Morgan fingerprint density at radius 2 is 1.70 bits per heavy atom. The fourth-order valence-corrected chi connectivity index (χ4v) is 1.74. The normalized spacial score (nSPS) is 9.85. The molecule has 102 valence electrons. The second-order valence-electron chi connectivity index (χ2n) is 4.28. The summed E-state index contributed by atoms with van der Waals surface area (Å²) in [7, 11) is 0. The third kappa shape index (κ3) is 3.35. The second kappa shape index (κ2) is 5.88. The zero-order valence-corrected chi connectivity index (χ0v) is 10.8. The molecule has 0 bridgehead atoms. The molecule has 0 aliphatic rings. The molecular weight excluding hydrogens is 256 g/mol. The number of hydrogen-bond donors (Lipinski definition) is 2. The molecule has 2 N–H and O–H groups in total. The molecule has 0 spiro atoms.